The number of nitrogens with one attached hydrogen (secondary N) is 2. The molecule has 0 bridgehead atoms. The van der Waals surface area contributed by atoms with E-state index in [9.17, 15) is 4.79 Å². The first-order valence-corrected chi connectivity index (χ1v) is 8.35. The van der Waals surface area contributed by atoms with Crippen molar-refractivity contribution in [3.8, 4) is 0 Å². The summed E-state index contributed by atoms with van der Waals surface area (Å²) in [5, 5.41) is 6.27. The van der Waals surface area contributed by atoms with Crippen LogP contribution in [0.4, 0.5) is 11.4 Å². The molecule has 1 aromatic heterocycles. The van der Waals surface area contributed by atoms with Gasteiger partial charge in [-0.05, 0) is 46.3 Å². The van der Waals surface area contributed by atoms with Crippen LogP contribution in [0, 0.1) is 0 Å². The molecule has 3 rings (SSSR count). The number of rotatable bonds is 3. The first kappa shape index (κ1) is 13.0. The normalized spacial score (nSPS) is 13.8. The van der Waals surface area contributed by atoms with Gasteiger partial charge in [0.15, 0.2) is 0 Å². The fourth-order valence-corrected chi connectivity index (χ4v) is 4.04. The maximum Gasteiger partial charge on any atom is 0.234 e. The minimum atomic E-state index is 0.0665. The number of carbonyl (C=O) groups excluding carboxylic acids is 1. The molecular weight excluding hydrogens is 344 g/mol. The van der Waals surface area contributed by atoms with Crippen molar-refractivity contribution in [2.45, 2.75) is 11.4 Å². The monoisotopic (exact) mass is 354 g/mol. The smallest absolute Gasteiger partial charge is 0.234 e. The van der Waals surface area contributed by atoms with E-state index < -0.39 is 0 Å². The Morgan fingerprint density at radius 3 is 3.00 bits per heavy atom. The predicted molar refractivity (Wildman–Crippen MR) is 85.1 cm³/mol. The second-order valence-electron chi connectivity index (χ2n) is 4.11. The molecule has 19 heavy (non-hydrogen) atoms. The number of thioether (sulfide) groups is 1. The van der Waals surface area contributed by atoms with E-state index in [4.69, 9.17) is 0 Å². The van der Waals surface area contributed by atoms with Crippen molar-refractivity contribution in [1.82, 2.24) is 0 Å². The molecule has 0 radical (unpaired) electrons. The third kappa shape index (κ3) is 3.13. The van der Waals surface area contributed by atoms with Crippen molar-refractivity contribution in [2.24, 2.45) is 0 Å². The Morgan fingerprint density at radius 2 is 2.21 bits per heavy atom. The molecule has 1 aliphatic rings. The van der Waals surface area contributed by atoms with E-state index in [1.165, 1.54) is 4.88 Å². The van der Waals surface area contributed by atoms with Gasteiger partial charge in [-0.25, -0.2) is 0 Å². The van der Waals surface area contributed by atoms with Gasteiger partial charge in [0.2, 0.25) is 5.91 Å². The number of hydrogen-bond acceptors (Lipinski definition) is 4. The maximum atomic E-state index is 11.4. The molecule has 1 aromatic carbocycles. The average Bonchev–Trinajstić information content (AvgIpc) is 2.81. The molecule has 2 aromatic rings. The molecule has 6 heteroatoms. The molecule has 0 fully saturated rings. The highest BCUT2D eigenvalue weighted by Crippen LogP contribution is 2.33. The van der Waals surface area contributed by atoms with Crippen LogP contribution < -0.4 is 10.6 Å². The highest BCUT2D eigenvalue weighted by atomic mass is 79.9. The van der Waals surface area contributed by atoms with Crippen molar-refractivity contribution in [3.05, 3.63) is 39.0 Å². The van der Waals surface area contributed by atoms with E-state index in [1.54, 1.807) is 23.1 Å². The van der Waals surface area contributed by atoms with Crippen LogP contribution in [0.5, 0.6) is 0 Å². The molecule has 0 saturated heterocycles. The zero-order chi connectivity index (χ0) is 13.2. The zero-order valence-electron chi connectivity index (χ0n) is 9.90. The summed E-state index contributed by atoms with van der Waals surface area (Å²) in [6.07, 6.45) is 0. The summed E-state index contributed by atoms with van der Waals surface area (Å²) in [4.78, 5) is 13.8. The van der Waals surface area contributed by atoms with Gasteiger partial charge in [-0.2, -0.15) is 0 Å². The van der Waals surface area contributed by atoms with E-state index in [0.29, 0.717) is 5.75 Å². The number of hydrogen-bond donors (Lipinski definition) is 2. The van der Waals surface area contributed by atoms with Crippen LogP contribution in [0.2, 0.25) is 0 Å². The van der Waals surface area contributed by atoms with Gasteiger partial charge >= 0.3 is 0 Å². The van der Waals surface area contributed by atoms with E-state index >= 15 is 0 Å². The number of anilines is 2. The third-order valence-electron chi connectivity index (χ3n) is 2.71. The number of carbonyl (C=O) groups is 1. The minimum absolute atomic E-state index is 0.0665. The summed E-state index contributed by atoms with van der Waals surface area (Å²) in [6.45, 7) is 0.788. The molecule has 0 spiro atoms. The van der Waals surface area contributed by atoms with E-state index in [-0.39, 0.29) is 5.91 Å². The topological polar surface area (TPSA) is 41.1 Å². The number of amides is 1. The minimum Gasteiger partial charge on any atom is -0.380 e. The molecule has 0 saturated carbocycles. The summed E-state index contributed by atoms with van der Waals surface area (Å²) in [7, 11) is 0. The summed E-state index contributed by atoms with van der Waals surface area (Å²) in [5.41, 5.74) is 1.92. The van der Waals surface area contributed by atoms with E-state index in [2.05, 4.69) is 32.6 Å². The van der Waals surface area contributed by atoms with Crippen LogP contribution in [-0.4, -0.2) is 11.7 Å². The summed E-state index contributed by atoms with van der Waals surface area (Å²) < 4.78 is 1.14. The van der Waals surface area contributed by atoms with Crippen molar-refractivity contribution in [2.75, 3.05) is 16.4 Å². The zero-order valence-corrected chi connectivity index (χ0v) is 13.1. The van der Waals surface area contributed by atoms with Crippen LogP contribution in [0.15, 0.2) is 39.0 Å². The Labute approximate surface area is 127 Å². The summed E-state index contributed by atoms with van der Waals surface area (Å²) in [5.74, 6) is 0.569. The quantitative estimate of drug-likeness (QED) is 0.868. The third-order valence-corrected chi connectivity index (χ3v) is 5.41. The fraction of sp³-hybridized carbons (Fsp3) is 0.154. The fourth-order valence-electron chi connectivity index (χ4n) is 1.83. The molecule has 98 valence electrons. The first-order valence-electron chi connectivity index (χ1n) is 5.75. The van der Waals surface area contributed by atoms with Crippen LogP contribution >= 0.6 is 39.0 Å². The lowest BCUT2D eigenvalue weighted by molar-refractivity contribution is -0.113. The largest absolute Gasteiger partial charge is 0.380 e. The maximum absolute atomic E-state index is 11.4. The molecule has 2 N–H and O–H groups in total. The molecule has 3 nitrogen and oxygen atoms in total. The number of fused-ring (bicyclic) bond motifs is 1. The van der Waals surface area contributed by atoms with E-state index in [1.807, 2.05) is 24.3 Å². The predicted octanol–water partition coefficient (Wildman–Crippen LogP) is 4.17. The summed E-state index contributed by atoms with van der Waals surface area (Å²) in [6, 6.07) is 10.2. The van der Waals surface area contributed by atoms with Crippen LogP contribution in [0.3, 0.4) is 0 Å². The average molecular weight is 355 g/mol. The van der Waals surface area contributed by atoms with Gasteiger partial charge < -0.3 is 10.6 Å². The molecule has 2 heterocycles. The van der Waals surface area contributed by atoms with Gasteiger partial charge in [0.05, 0.1) is 15.2 Å². The second kappa shape index (κ2) is 5.56. The number of halogens is 1. The molecule has 0 unspecified atom stereocenters. The standard InChI is InChI=1S/C13H11BrN2OS2/c14-12-4-2-9(19-12)6-15-8-1-3-11-10(5-8)16-13(17)7-18-11/h1-5,15H,6-7H2,(H,16,17). The lowest BCUT2D eigenvalue weighted by Gasteiger charge is -2.17. The lowest BCUT2D eigenvalue weighted by Crippen LogP contribution is -2.18. The molecule has 1 aliphatic heterocycles. The Kier molecular flexibility index (Phi) is 3.81. The Hall–Kier alpha value is -0.980. The highest BCUT2D eigenvalue weighted by Gasteiger charge is 2.15. The molecule has 1 amide bonds. The Balaban J connectivity index is 1.71. The first-order chi connectivity index (χ1) is 9.20. The highest BCUT2D eigenvalue weighted by molar-refractivity contribution is 9.11. The van der Waals surface area contributed by atoms with Crippen molar-refractivity contribution in [1.29, 1.82) is 0 Å². The van der Waals surface area contributed by atoms with Crippen molar-refractivity contribution >= 4 is 56.3 Å². The van der Waals surface area contributed by atoms with Crippen molar-refractivity contribution < 1.29 is 4.79 Å². The van der Waals surface area contributed by atoms with Gasteiger partial charge in [0.25, 0.3) is 0 Å². The molecule has 0 atom stereocenters. The van der Waals surface area contributed by atoms with Crippen LogP contribution in [0.25, 0.3) is 0 Å². The van der Waals surface area contributed by atoms with Gasteiger partial charge in [-0.15, -0.1) is 23.1 Å². The van der Waals surface area contributed by atoms with Gasteiger partial charge in [-0.1, -0.05) is 0 Å². The number of thiophene rings is 1. The molecule has 0 aliphatic carbocycles. The van der Waals surface area contributed by atoms with Gasteiger partial charge in [0, 0.05) is 22.0 Å². The second-order valence-corrected chi connectivity index (χ2v) is 7.67. The Morgan fingerprint density at radius 1 is 1.32 bits per heavy atom. The van der Waals surface area contributed by atoms with E-state index in [0.717, 1.165) is 26.6 Å². The van der Waals surface area contributed by atoms with Crippen molar-refractivity contribution in [3.63, 3.8) is 0 Å². The lowest BCUT2D eigenvalue weighted by atomic mass is 10.2. The summed E-state index contributed by atoms with van der Waals surface area (Å²) >= 11 is 6.75. The molecular formula is C13H11BrN2OS2. The van der Waals surface area contributed by atoms with Crippen LogP contribution in [-0.2, 0) is 11.3 Å². The van der Waals surface area contributed by atoms with Gasteiger partial charge in [0.1, 0.15) is 0 Å². The van der Waals surface area contributed by atoms with Gasteiger partial charge in [-0.3, -0.25) is 4.79 Å². The SMILES string of the molecule is O=C1CSc2ccc(NCc3ccc(Br)s3)cc2N1. The number of benzene rings is 1. The Bertz CT molecular complexity index is 627. The van der Waals surface area contributed by atoms with Crippen LogP contribution in [0.1, 0.15) is 4.88 Å².